The van der Waals surface area contributed by atoms with Crippen LogP contribution in [0.1, 0.15) is 38.7 Å². The molecule has 0 bridgehead atoms. The predicted octanol–water partition coefficient (Wildman–Crippen LogP) is 3.00. The molecule has 2 heteroatoms. The summed E-state index contributed by atoms with van der Waals surface area (Å²) in [7, 11) is 0. The van der Waals surface area contributed by atoms with Gasteiger partial charge in [-0.05, 0) is 38.3 Å². The van der Waals surface area contributed by atoms with Crippen LogP contribution in [0, 0.1) is 5.92 Å². The largest absolute Gasteiger partial charge is 0.311 e. The van der Waals surface area contributed by atoms with E-state index in [4.69, 9.17) is 0 Å². The minimum Gasteiger partial charge on any atom is -0.311 e. The van der Waals surface area contributed by atoms with Gasteiger partial charge in [-0.2, -0.15) is 0 Å². The second-order valence-corrected chi connectivity index (χ2v) is 6.60. The van der Waals surface area contributed by atoms with Crippen LogP contribution in [0.2, 0.25) is 0 Å². The topological polar surface area (TPSA) is 15.3 Å². The lowest BCUT2D eigenvalue weighted by molar-refractivity contribution is 0.0510. The van der Waals surface area contributed by atoms with E-state index in [0.717, 1.165) is 19.0 Å². The Morgan fingerprint density at radius 3 is 2.68 bits per heavy atom. The second-order valence-electron chi connectivity index (χ2n) is 6.60. The fraction of sp³-hybridized carbons (Fsp3) is 0.647. The predicted molar refractivity (Wildman–Crippen MR) is 80.2 cm³/mol. The molecule has 1 aliphatic heterocycles. The van der Waals surface area contributed by atoms with Crippen LogP contribution in [0.4, 0.5) is 0 Å². The quantitative estimate of drug-likeness (QED) is 0.893. The highest BCUT2D eigenvalue weighted by molar-refractivity contribution is 5.25. The van der Waals surface area contributed by atoms with Crippen LogP contribution in [0.3, 0.4) is 0 Å². The molecular weight excluding hydrogens is 232 g/mol. The Labute approximate surface area is 117 Å². The first kappa shape index (κ1) is 13.1. The van der Waals surface area contributed by atoms with Crippen molar-refractivity contribution in [2.45, 2.75) is 44.7 Å². The molecule has 2 unspecified atom stereocenters. The molecular formula is C17H26N2. The Bertz CT molecular complexity index is 413. The summed E-state index contributed by atoms with van der Waals surface area (Å²) in [6.07, 6.45) is 4.31. The molecule has 2 nitrogen and oxygen atoms in total. The van der Waals surface area contributed by atoms with E-state index in [-0.39, 0.29) is 5.54 Å². The zero-order chi connectivity index (χ0) is 13.3. The van der Waals surface area contributed by atoms with Gasteiger partial charge in [0.2, 0.25) is 0 Å². The smallest absolute Gasteiger partial charge is 0.0558 e. The van der Waals surface area contributed by atoms with Crippen LogP contribution in [0.5, 0.6) is 0 Å². The molecule has 2 atom stereocenters. The van der Waals surface area contributed by atoms with Gasteiger partial charge in [0.1, 0.15) is 0 Å². The number of hydrogen-bond acceptors (Lipinski definition) is 2. The normalized spacial score (nSPS) is 32.4. The molecule has 0 spiro atoms. The van der Waals surface area contributed by atoms with Crippen molar-refractivity contribution in [1.29, 1.82) is 0 Å². The van der Waals surface area contributed by atoms with Gasteiger partial charge < -0.3 is 5.32 Å². The summed E-state index contributed by atoms with van der Waals surface area (Å²) in [5.41, 5.74) is 1.60. The fourth-order valence-electron chi connectivity index (χ4n) is 3.25. The maximum Gasteiger partial charge on any atom is 0.0558 e. The van der Waals surface area contributed by atoms with Gasteiger partial charge in [0.25, 0.3) is 0 Å². The van der Waals surface area contributed by atoms with E-state index in [1.165, 1.54) is 31.4 Å². The SMILES string of the molecule is CC1CN(CCC2CC2)C(C)(c2ccccc2)CN1. The van der Waals surface area contributed by atoms with Crippen LogP contribution in [0.25, 0.3) is 0 Å². The van der Waals surface area contributed by atoms with Gasteiger partial charge in [-0.3, -0.25) is 4.90 Å². The van der Waals surface area contributed by atoms with Crippen molar-refractivity contribution in [2.24, 2.45) is 5.92 Å². The van der Waals surface area contributed by atoms with Gasteiger partial charge >= 0.3 is 0 Å². The summed E-state index contributed by atoms with van der Waals surface area (Å²) < 4.78 is 0. The van der Waals surface area contributed by atoms with E-state index in [1.807, 2.05) is 0 Å². The molecule has 1 saturated heterocycles. The third kappa shape index (κ3) is 2.85. The minimum absolute atomic E-state index is 0.155. The molecule has 0 aromatic heterocycles. The molecule has 19 heavy (non-hydrogen) atoms. The number of hydrogen-bond donors (Lipinski definition) is 1. The van der Waals surface area contributed by atoms with Crippen molar-refractivity contribution in [3.05, 3.63) is 35.9 Å². The first-order valence-corrected chi connectivity index (χ1v) is 7.72. The van der Waals surface area contributed by atoms with E-state index in [0.29, 0.717) is 6.04 Å². The van der Waals surface area contributed by atoms with Crippen molar-refractivity contribution < 1.29 is 0 Å². The van der Waals surface area contributed by atoms with Gasteiger partial charge in [0.05, 0.1) is 5.54 Å². The third-order valence-electron chi connectivity index (χ3n) is 4.89. The molecule has 0 amide bonds. The fourth-order valence-corrected chi connectivity index (χ4v) is 3.25. The highest BCUT2D eigenvalue weighted by Crippen LogP contribution is 2.36. The van der Waals surface area contributed by atoms with Gasteiger partial charge in [0.15, 0.2) is 0 Å². The maximum atomic E-state index is 3.66. The van der Waals surface area contributed by atoms with Crippen LogP contribution in [0.15, 0.2) is 30.3 Å². The Kier molecular flexibility index (Phi) is 3.64. The van der Waals surface area contributed by atoms with E-state index >= 15 is 0 Å². The highest BCUT2D eigenvalue weighted by atomic mass is 15.3. The van der Waals surface area contributed by atoms with Crippen molar-refractivity contribution >= 4 is 0 Å². The van der Waals surface area contributed by atoms with E-state index in [1.54, 1.807) is 0 Å². The van der Waals surface area contributed by atoms with Gasteiger partial charge in [0, 0.05) is 19.1 Å². The summed E-state index contributed by atoms with van der Waals surface area (Å²) in [5.74, 6) is 1.02. The highest BCUT2D eigenvalue weighted by Gasteiger charge is 2.38. The van der Waals surface area contributed by atoms with Crippen molar-refractivity contribution in [2.75, 3.05) is 19.6 Å². The van der Waals surface area contributed by atoms with Crippen LogP contribution in [-0.4, -0.2) is 30.6 Å². The lowest BCUT2D eigenvalue weighted by Gasteiger charge is -2.48. The summed E-state index contributed by atoms with van der Waals surface area (Å²) in [6.45, 7) is 8.17. The number of rotatable bonds is 4. The Hall–Kier alpha value is -0.860. The summed E-state index contributed by atoms with van der Waals surface area (Å²) >= 11 is 0. The maximum absolute atomic E-state index is 3.66. The average molecular weight is 258 g/mol. The van der Waals surface area contributed by atoms with Crippen molar-refractivity contribution in [3.63, 3.8) is 0 Å². The van der Waals surface area contributed by atoms with Crippen LogP contribution < -0.4 is 5.32 Å². The molecule has 2 fully saturated rings. The molecule has 0 radical (unpaired) electrons. The Balaban J connectivity index is 1.78. The van der Waals surface area contributed by atoms with Gasteiger partial charge in [-0.1, -0.05) is 43.2 Å². The molecule has 3 rings (SSSR count). The monoisotopic (exact) mass is 258 g/mol. The Morgan fingerprint density at radius 2 is 2.00 bits per heavy atom. The van der Waals surface area contributed by atoms with Gasteiger partial charge in [-0.25, -0.2) is 0 Å². The third-order valence-corrected chi connectivity index (χ3v) is 4.89. The zero-order valence-electron chi connectivity index (χ0n) is 12.2. The van der Waals surface area contributed by atoms with Crippen molar-refractivity contribution in [1.82, 2.24) is 10.2 Å². The van der Waals surface area contributed by atoms with E-state index in [2.05, 4.69) is 54.4 Å². The van der Waals surface area contributed by atoms with Crippen LogP contribution >= 0.6 is 0 Å². The van der Waals surface area contributed by atoms with E-state index < -0.39 is 0 Å². The first-order valence-electron chi connectivity index (χ1n) is 7.72. The molecule has 1 heterocycles. The second kappa shape index (κ2) is 5.26. The average Bonchev–Trinajstić information content (AvgIpc) is 3.25. The Morgan fingerprint density at radius 1 is 1.26 bits per heavy atom. The number of nitrogens with one attached hydrogen (secondary N) is 1. The molecule has 1 N–H and O–H groups in total. The standard InChI is InChI=1S/C17H26N2/c1-14-12-19(11-10-15-8-9-15)17(2,13-18-14)16-6-4-3-5-7-16/h3-7,14-15,18H,8-13H2,1-2H3. The zero-order valence-corrected chi connectivity index (χ0v) is 12.2. The lowest BCUT2D eigenvalue weighted by Crippen LogP contribution is -2.60. The van der Waals surface area contributed by atoms with Gasteiger partial charge in [-0.15, -0.1) is 0 Å². The molecule has 1 aliphatic carbocycles. The number of piperazine rings is 1. The van der Waals surface area contributed by atoms with Crippen molar-refractivity contribution in [3.8, 4) is 0 Å². The van der Waals surface area contributed by atoms with E-state index in [9.17, 15) is 0 Å². The number of nitrogens with zero attached hydrogens (tertiary/aromatic N) is 1. The number of benzene rings is 1. The summed E-state index contributed by atoms with van der Waals surface area (Å²) in [6, 6.07) is 11.6. The summed E-state index contributed by atoms with van der Waals surface area (Å²) in [4.78, 5) is 2.71. The first-order chi connectivity index (χ1) is 9.18. The molecule has 1 aromatic carbocycles. The minimum atomic E-state index is 0.155. The lowest BCUT2D eigenvalue weighted by atomic mass is 9.87. The molecule has 1 saturated carbocycles. The molecule has 2 aliphatic rings. The molecule has 104 valence electrons. The summed E-state index contributed by atoms with van der Waals surface area (Å²) in [5, 5.41) is 3.66. The molecule has 1 aromatic rings. The van der Waals surface area contributed by atoms with Crippen LogP contribution in [-0.2, 0) is 5.54 Å².